The summed E-state index contributed by atoms with van der Waals surface area (Å²) >= 11 is 0. The lowest BCUT2D eigenvalue weighted by Gasteiger charge is -2.11. The number of nitrogens with zero attached hydrogens (tertiary/aromatic N) is 6. The van der Waals surface area contributed by atoms with Gasteiger partial charge in [-0.25, -0.2) is 19.5 Å². The van der Waals surface area contributed by atoms with Crippen molar-refractivity contribution >= 4 is 22.6 Å². The Kier molecular flexibility index (Phi) is 3.53. The molecule has 0 saturated heterocycles. The van der Waals surface area contributed by atoms with Crippen LogP contribution in [0.1, 0.15) is 20.3 Å². The van der Waals surface area contributed by atoms with Gasteiger partial charge >= 0.3 is 0 Å². The molecule has 0 fully saturated rings. The van der Waals surface area contributed by atoms with E-state index in [9.17, 15) is 0 Å². The summed E-state index contributed by atoms with van der Waals surface area (Å²) in [6.45, 7) is 4.23. The summed E-state index contributed by atoms with van der Waals surface area (Å²) in [4.78, 5) is 17.3. The lowest BCUT2D eigenvalue weighted by atomic mass is 10.1. The van der Waals surface area contributed by atoms with E-state index in [-0.39, 0.29) is 0 Å². The monoisotopic (exact) mass is 319 g/mol. The van der Waals surface area contributed by atoms with E-state index in [2.05, 4.69) is 44.2 Å². The molecule has 4 aromatic rings. The molecule has 0 aromatic carbocycles. The fourth-order valence-electron chi connectivity index (χ4n) is 2.54. The third kappa shape index (κ3) is 2.54. The van der Waals surface area contributed by atoms with Crippen LogP contribution in [0.15, 0.2) is 43.1 Å². The van der Waals surface area contributed by atoms with Gasteiger partial charge in [-0.2, -0.15) is 0 Å². The van der Waals surface area contributed by atoms with Crippen LogP contribution in [0.5, 0.6) is 0 Å². The van der Waals surface area contributed by atoms with E-state index >= 15 is 0 Å². The minimum Gasteiger partial charge on any atom is -0.351 e. The number of aromatic nitrogens is 6. The van der Waals surface area contributed by atoms with Crippen molar-refractivity contribution in [1.29, 1.82) is 0 Å². The standard InChI is InChI=1S/C17H17N7/c1-3-11(2)22-17-21-10-15-13(4-7-24(15)23-17)12-8-14-16(20-9-12)19-6-5-18-14/h4-11H,3H2,1-2H3,(H,22,23)/t11-/m1/s1. The summed E-state index contributed by atoms with van der Waals surface area (Å²) in [6.07, 6.45) is 9.88. The maximum Gasteiger partial charge on any atom is 0.241 e. The first-order chi connectivity index (χ1) is 11.7. The van der Waals surface area contributed by atoms with Gasteiger partial charge in [0.2, 0.25) is 5.95 Å². The van der Waals surface area contributed by atoms with Crippen molar-refractivity contribution in [3.05, 3.63) is 43.1 Å². The second-order valence-corrected chi connectivity index (χ2v) is 5.72. The molecule has 7 heteroatoms. The molecule has 0 saturated carbocycles. The first kappa shape index (κ1) is 14.5. The average molecular weight is 319 g/mol. The molecule has 7 nitrogen and oxygen atoms in total. The molecule has 0 bridgehead atoms. The Hall–Kier alpha value is -3.09. The van der Waals surface area contributed by atoms with Crippen LogP contribution in [0.4, 0.5) is 5.95 Å². The fourth-order valence-corrected chi connectivity index (χ4v) is 2.54. The SMILES string of the molecule is CC[C@@H](C)Nc1ncc2c(-c3cnc4nccnc4c3)ccn2n1. The van der Waals surface area contributed by atoms with Crippen molar-refractivity contribution in [1.82, 2.24) is 29.5 Å². The second kappa shape index (κ2) is 5.84. The number of hydrogen-bond acceptors (Lipinski definition) is 6. The Bertz CT molecular complexity index is 1010. The quantitative estimate of drug-likeness (QED) is 0.623. The van der Waals surface area contributed by atoms with Crippen molar-refractivity contribution in [2.24, 2.45) is 0 Å². The Morgan fingerprint density at radius 1 is 1.12 bits per heavy atom. The zero-order valence-electron chi connectivity index (χ0n) is 13.5. The Labute approximate surface area is 138 Å². The Morgan fingerprint density at radius 3 is 2.88 bits per heavy atom. The van der Waals surface area contributed by atoms with E-state index < -0.39 is 0 Å². The molecular formula is C17H17N7. The van der Waals surface area contributed by atoms with E-state index in [1.165, 1.54) is 0 Å². The third-order valence-electron chi connectivity index (χ3n) is 4.04. The van der Waals surface area contributed by atoms with Gasteiger partial charge in [0.15, 0.2) is 5.65 Å². The van der Waals surface area contributed by atoms with Gasteiger partial charge in [-0.15, -0.1) is 5.10 Å². The first-order valence-electron chi connectivity index (χ1n) is 7.92. The van der Waals surface area contributed by atoms with Crippen LogP contribution in [0, 0.1) is 0 Å². The number of nitrogens with one attached hydrogen (secondary N) is 1. The number of fused-ring (bicyclic) bond motifs is 2. The van der Waals surface area contributed by atoms with Crippen molar-refractivity contribution in [2.45, 2.75) is 26.3 Å². The molecule has 4 aromatic heterocycles. The summed E-state index contributed by atoms with van der Waals surface area (Å²) in [7, 11) is 0. The van der Waals surface area contributed by atoms with Crippen molar-refractivity contribution in [3.8, 4) is 11.1 Å². The van der Waals surface area contributed by atoms with Gasteiger partial charge < -0.3 is 5.32 Å². The maximum atomic E-state index is 4.52. The number of rotatable bonds is 4. The lowest BCUT2D eigenvalue weighted by molar-refractivity contribution is 0.742. The minimum absolute atomic E-state index is 0.334. The topological polar surface area (TPSA) is 80.9 Å². The van der Waals surface area contributed by atoms with Gasteiger partial charge in [-0.05, 0) is 25.5 Å². The molecule has 120 valence electrons. The fraction of sp³-hybridized carbons (Fsp3) is 0.235. The summed E-state index contributed by atoms with van der Waals surface area (Å²) in [6, 6.07) is 4.33. The highest BCUT2D eigenvalue weighted by Crippen LogP contribution is 2.26. The third-order valence-corrected chi connectivity index (χ3v) is 4.04. The molecule has 0 spiro atoms. The average Bonchev–Trinajstić information content (AvgIpc) is 3.04. The Morgan fingerprint density at radius 2 is 2.00 bits per heavy atom. The highest BCUT2D eigenvalue weighted by Gasteiger charge is 2.10. The molecule has 0 aliphatic carbocycles. The van der Waals surface area contributed by atoms with Crippen LogP contribution in [0.25, 0.3) is 27.8 Å². The smallest absolute Gasteiger partial charge is 0.241 e. The molecule has 1 atom stereocenters. The van der Waals surface area contributed by atoms with Crippen molar-refractivity contribution in [3.63, 3.8) is 0 Å². The van der Waals surface area contributed by atoms with Crippen LogP contribution in [-0.4, -0.2) is 35.6 Å². The van der Waals surface area contributed by atoms with Crippen LogP contribution in [-0.2, 0) is 0 Å². The predicted octanol–water partition coefficient (Wildman–Crippen LogP) is 2.94. The molecule has 4 heterocycles. The minimum atomic E-state index is 0.334. The largest absolute Gasteiger partial charge is 0.351 e. The van der Waals surface area contributed by atoms with E-state index in [4.69, 9.17) is 0 Å². The second-order valence-electron chi connectivity index (χ2n) is 5.72. The molecule has 0 unspecified atom stereocenters. The van der Waals surface area contributed by atoms with Crippen molar-refractivity contribution < 1.29 is 0 Å². The number of anilines is 1. The predicted molar refractivity (Wildman–Crippen MR) is 92.7 cm³/mol. The van der Waals surface area contributed by atoms with Crippen LogP contribution in [0.3, 0.4) is 0 Å². The zero-order valence-corrected chi connectivity index (χ0v) is 13.5. The molecule has 0 aliphatic heterocycles. The van der Waals surface area contributed by atoms with E-state index in [1.807, 2.05) is 29.0 Å². The normalized spacial score (nSPS) is 12.6. The van der Waals surface area contributed by atoms with E-state index in [1.54, 1.807) is 18.6 Å². The summed E-state index contributed by atoms with van der Waals surface area (Å²) in [5.41, 5.74) is 4.32. The van der Waals surface area contributed by atoms with E-state index in [0.29, 0.717) is 17.6 Å². The molecule has 0 aliphatic rings. The molecule has 24 heavy (non-hydrogen) atoms. The van der Waals surface area contributed by atoms with E-state index in [0.717, 1.165) is 28.6 Å². The van der Waals surface area contributed by atoms with Crippen molar-refractivity contribution in [2.75, 3.05) is 5.32 Å². The molecule has 4 rings (SSSR count). The number of hydrogen-bond donors (Lipinski definition) is 1. The summed E-state index contributed by atoms with van der Waals surface area (Å²) < 4.78 is 1.83. The zero-order chi connectivity index (χ0) is 16.5. The Balaban J connectivity index is 1.76. The summed E-state index contributed by atoms with van der Waals surface area (Å²) in [5.74, 6) is 0.626. The lowest BCUT2D eigenvalue weighted by Crippen LogP contribution is -2.16. The molecular weight excluding hydrogens is 302 g/mol. The molecule has 0 amide bonds. The molecule has 0 radical (unpaired) electrons. The van der Waals surface area contributed by atoms with Crippen LogP contribution < -0.4 is 5.32 Å². The van der Waals surface area contributed by atoms with Gasteiger partial charge in [0.25, 0.3) is 0 Å². The number of pyridine rings is 1. The van der Waals surface area contributed by atoms with Gasteiger partial charge in [0.05, 0.1) is 11.7 Å². The first-order valence-corrected chi connectivity index (χ1v) is 7.92. The van der Waals surface area contributed by atoms with Gasteiger partial charge in [-0.1, -0.05) is 6.92 Å². The highest BCUT2D eigenvalue weighted by atomic mass is 15.3. The van der Waals surface area contributed by atoms with Gasteiger partial charge in [-0.3, -0.25) is 4.98 Å². The highest BCUT2D eigenvalue weighted by molar-refractivity contribution is 5.84. The van der Waals surface area contributed by atoms with Gasteiger partial charge in [0.1, 0.15) is 5.52 Å². The summed E-state index contributed by atoms with van der Waals surface area (Å²) in [5, 5.41) is 7.80. The van der Waals surface area contributed by atoms with Gasteiger partial charge in [0, 0.05) is 42.0 Å². The van der Waals surface area contributed by atoms with Crippen LogP contribution >= 0.6 is 0 Å². The van der Waals surface area contributed by atoms with Crippen LogP contribution in [0.2, 0.25) is 0 Å². The maximum absolute atomic E-state index is 4.52. The molecule has 1 N–H and O–H groups in total.